The SMILES string of the molecule is CCC(CC)CNC.[HH]. The lowest BCUT2D eigenvalue weighted by Gasteiger charge is -2.09. The average Bonchev–Trinajstić information content (AvgIpc) is 1.83. The first-order valence-corrected chi connectivity index (χ1v) is 3.49. The Kier molecular flexibility index (Phi) is 5.08. The highest BCUT2D eigenvalue weighted by atomic mass is 14.8. The van der Waals surface area contributed by atoms with Crippen molar-refractivity contribution in [1.29, 1.82) is 0 Å². The van der Waals surface area contributed by atoms with Crippen molar-refractivity contribution >= 4 is 0 Å². The topological polar surface area (TPSA) is 12.0 Å². The van der Waals surface area contributed by atoms with Crippen LogP contribution in [0.5, 0.6) is 0 Å². The van der Waals surface area contributed by atoms with Crippen LogP contribution in [0.2, 0.25) is 0 Å². The molecule has 0 aromatic heterocycles. The Hall–Kier alpha value is -0.0400. The van der Waals surface area contributed by atoms with Gasteiger partial charge in [0.2, 0.25) is 0 Å². The number of nitrogens with one attached hydrogen (secondary N) is 1. The van der Waals surface area contributed by atoms with Crippen LogP contribution in [0.15, 0.2) is 0 Å². The molecule has 0 atom stereocenters. The number of hydrogen-bond donors (Lipinski definition) is 1. The molecule has 0 aliphatic rings. The van der Waals surface area contributed by atoms with E-state index in [-0.39, 0.29) is 1.43 Å². The highest BCUT2D eigenvalue weighted by Crippen LogP contribution is 2.03. The van der Waals surface area contributed by atoms with E-state index in [2.05, 4.69) is 19.2 Å². The molecule has 1 heteroatoms. The third-order valence-electron chi connectivity index (χ3n) is 1.65. The van der Waals surface area contributed by atoms with Gasteiger partial charge in [-0.1, -0.05) is 26.7 Å². The average molecular weight is 117 g/mol. The van der Waals surface area contributed by atoms with Crippen LogP contribution in [-0.2, 0) is 0 Å². The van der Waals surface area contributed by atoms with Crippen LogP contribution in [0.25, 0.3) is 0 Å². The second kappa shape index (κ2) is 5.10. The zero-order valence-corrected chi connectivity index (χ0v) is 6.20. The first kappa shape index (κ1) is 7.96. The number of rotatable bonds is 4. The molecule has 0 aromatic rings. The smallest absolute Gasteiger partial charge is 0 e. The maximum atomic E-state index is 3.17. The fraction of sp³-hybridized carbons (Fsp3) is 1.00. The van der Waals surface area contributed by atoms with Gasteiger partial charge in [0, 0.05) is 1.43 Å². The fourth-order valence-corrected chi connectivity index (χ4v) is 0.866. The molecule has 52 valence electrons. The van der Waals surface area contributed by atoms with Crippen LogP contribution < -0.4 is 5.32 Å². The zero-order valence-electron chi connectivity index (χ0n) is 6.20. The molecule has 0 saturated heterocycles. The van der Waals surface area contributed by atoms with Crippen molar-refractivity contribution in [3.8, 4) is 0 Å². The second-order valence-corrected chi connectivity index (χ2v) is 2.24. The Bertz CT molecular complexity index is 44.2. The fourth-order valence-electron chi connectivity index (χ4n) is 0.866. The molecule has 0 unspecified atom stereocenters. The summed E-state index contributed by atoms with van der Waals surface area (Å²) >= 11 is 0. The Morgan fingerprint density at radius 3 is 2.00 bits per heavy atom. The molecule has 0 bridgehead atoms. The van der Waals surface area contributed by atoms with Gasteiger partial charge in [0.25, 0.3) is 0 Å². The molecule has 1 nitrogen and oxygen atoms in total. The third kappa shape index (κ3) is 3.03. The van der Waals surface area contributed by atoms with E-state index in [1.807, 2.05) is 7.05 Å². The quantitative estimate of drug-likeness (QED) is 0.593. The van der Waals surface area contributed by atoms with E-state index >= 15 is 0 Å². The lowest BCUT2D eigenvalue weighted by molar-refractivity contribution is 0.469. The maximum Gasteiger partial charge on any atom is 0 e. The third-order valence-corrected chi connectivity index (χ3v) is 1.65. The molecule has 0 aliphatic heterocycles. The van der Waals surface area contributed by atoms with Crippen molar-refractivity contribution in [1.82, 2.24) is 5.32 Å². The van der Waals surface area contributed by atoms with E-state index < -0.39 is 0 Å². The van der Waals surface area contributed by atoms with Crippen LogP contribution in [0.4, 0.5) is 0 Å². The molecule has 8 heavy (non-hydrogen) atoms. The lowest BCUT2D eigenvalue weighted by Crippen LogP contribution is -2.17. The van der Waals surface area contributed by atoms with Crippen LogP contribution in [-0.4, -0.2) is 13.6 Å². The predicted molar refractivity (Wildman–Crippen MR) is 40.1 cm³/mol. The number of hydrogen-bond acceptors (Lipinski definition) is 1. The van der Waals surface area contributed by atoms with E-state index in [4.69, 9.17) is 0 Å². The second-order valence-electron chi connectivity index (χ2n) is 2.24. The highest BCUT2D eigenvalue weighted by Gasteiger charge is 1.98. The summed E-state index contributed by atoms with van der Waals surface area (Å²) < 4.78 is 0. The molecule has 0 radical (unpaired) electrons. The molecular formula is C7H19N. The lowest BCUT2D eigenvalue weighted by atomic mass is 10.0. The highest BCUT2D eigenvalue weighted by molar-refractivity contribution is 4.54. The van der Waals surface area contributed by atoms with Gasteiger partial charge in [-0.25, -0.2) is 0 Å². The molecule has 0 spiro atoms. The molecule has 0 rings (SSSR count). The molecule has 0 heterocycles. The molecule has 0 fully saturated rings. The van der Waals surface area contributed by atoms with Gasteiger partial charge < -0.3 is 5.32 Å². The minimum absolute atomic E-state index is 0. The Labute approximate surface area is 54.0 Å². The summed E-state index contributed by atoms with van der Waals surface area (Å²) in [4.78, 5) is 0. The summed E-state index contributed by atoms with van der Waals surface area (Å²) in [5.74, 6) is 0.889. The Morgan fingerprint density at radius 2 is 1.88 bits per heavy atom. The first-order chi connectivity index (χ1) is 3.85. The molecule has 0 aliphatic carbocycles. The molecule has 0 amide bonds. The van der Waals surface area contributed by atoms with E-state index in [1.54, 1.807) is 0 Å². The summed E-state index contributed by atoms with van der Waals surface area (Å²) in [5.41, 5.74) is 0. The van der Waals surface area contributed by atoms with Gasteiger partial charge in [-0.15, -0.1) is 0 Å². The van der Waals surface area contributed by atoms with Crippen molar-refractivity contribution in [3.63, 3.8) is 0 Å². The van der Waals surface area contributed by atoms with Gasteiger partial charge in [0.05, 0.1) is 0 Å². The van der Waals surface area contributed by atoms with Crippen LogP contribution >= 0.6 is 0 Å². The standard InChI is InChI=1S/C7H17N.H2/c1-4-7(5-2)6-8-3;/h7-8H,4-6H2,1-3H3;1H. The summed E-state index contributed by atoms with van der Waals surface area (Å²) in [7, 11) is 2.01. The van der Waals surface area contributed by atoms with Gasteiger partial charge in [-0.05, 0) is 19.5 Å². The minimum atomic E-state index is 0. The van der Waals surface area contributed by atoms with Gasteiger partial charge in [0.15, 0.2) is 0 Å². The van der Waals surface area contributed by atoms with Crippen LogP contribution in [0, 0.1) is 5.92 Å². The summed E-state index contributed by atoms with van der Waals surface area (Å²) in [5, 5.41) is 3.17. The van der Waals surface area contributed by atoms with E-state index in [1.165, 1.54) is 19.4 Å². The van der Waals surface area contributed by atoms with Crippen LogP contribution in [0.3, 0.4) is 0 Å². The van der Waals surface area contributed by atoms with E-state index in [0.717, 1.165) is 5.92 Å². The van der Waals surface area contributed by atoms with Crippen molar-refractivity contribution in [2.45, 2.75) is 26.7 Å². The molecular weight excluding hydrogens is 98.1 g/mol. The zero-order chi connectivity index (χ0) is 6.41. The monoisotopic (exact) mass is 117 g/mol. The van der Waals surface area contributed by atoms with Gasteiger partial charge in [-0.3, -0.25) is 0 Å². The first-order valence-electron chi connectivity index (χ1n) is 3.49. The Balaban J connectivity index is 0. The summed E-state index contributed by atoms with van der Waals surface area (Å²) in [6.45, 7) is 5.66. The molecule has 0 saturated carbocycles. The largest absolute Gasteiger partial charge is 0.319 e. The maximum absolute atomic E-state index is 3.17. The van der Waals surface area contributed by atoms with Gasteiger partial charge in [-0.2, -0.15) is 0 Å². The van der Waals surface area contributed by atoms with Crippen molar-refractivity contribution in [2.24, 2.45) is 5.92 Å². The normalized spacial score (nSPS) is 10.5. The van der Waals surface area contributed by atoms with Gasteiger partial charge >= 0.3 is 0 Å². The predicted octanol–water partition coefficient (Wildman–Crippen LogP) is 1.89. The summed E-state index contributed by atoms with van der Waals surface area (Å²) in [6, 6.07) is 0. The summed E-state index contributed by atoms with van der Waals surface area (Å²) in [6.07, 6.45) is 2.61. The van der Waals surface area contributed by atoms with Crippen molar-refractivity contribution in [2.75, 3.05) is 13.6 Å². The van der Waals surface area contributed by atoms with Gasteiger partial charge in [0.1, 0.15) is 0 Å². The van der Waals surface area contributed by atoms with Crippen molar-refractivity contribution in [3.05, 3.63) is 0 Å². The van der Waals surface area contributed by atoms with Crippen LogP contribution in [0.1, 0.15) is 28.1 Å². The van der Waals surface area contributed by atoms with E-state index in [0.29, 0.717) is 0 Å². The Morgan fingerprint density at radius 1 is 1.38 bits per heavy atom. The van der Waals surface area contributed by atoms with Crippen molar-refractivity contribution < 1.29 is 1.43 Å². The molecule has 0 aromatic carbocycles. The molecule has 1 N–H and O–H groups in total. The minimum Gasteiger partial charge on any atom is -0.319 e. The van der Waals surface area contributed by atoms with E-state index in [9.17, 15) is 0 Å².